The van der Waals surface area contributed by atoms with Crippen LogP contribution in [0.25, 0.3) is 0 Å². The lowest BCUT2D eigenvalue weighted by atomic mass is 9.92. The van der Waals surface area contributed by atoms with Crippen molar-refractivity contribution in [3.8, 4) is 5.75 Å². The number of aryl methyl sites for hydroxylation is 1. The van der Waals surface area contributed by atoms with Gasteiger partial charge in [0.1, 0.15) is 11.4 Å². The fraction of sp³-hybridized carbons (Fsp3) is 0.300. The Hall–Kier alpha value is -2.62. The monoisotopic (exact) mass is 323 g/mol. The molecule has 0 aliphatic carbocycles. The third-order valence-electron chi connectivity index (χ3n) is 4.13. The van der Waals surface area contributed by atoms with Crippen LogP contribution < -0.4 is 10.1 Å². The van der Waals surface area contributed by atoms with Crippen LogP contribution in [0.1, 0.15) is 53.5 Å². The number of nitrogens with one attached hydrogen (secondary N) is 1. The first-order valence-corrected chi connectivity index (χ1v) is 8.14. The summed E-state index contributed by atoms with van der Waals surface area (Å²) < 4.78 is 5.82. The van der Waals surface area contributed by atoms with Gasteiger partial charge < -0.3 is 10.1 Å². The van der Waals surface area contributed by atoms with E-state index >= 15 is 0 Å². The lowest BCUT2D eigenvalue weighted by Crippen LogP contribution is -2.36. The van der Waals surface area contributed by atoms with E-state index in [4.69, 9.17) is 4.74 Å². The molecule has 24 heavy (non-hydrogen) atoms. The highest BCUT2D eigenvalue weighted by Gasteiger charge is 2.32. The number of Topliss-reactive ketones (excluding diaryl/α,β-unsaturated/α-hetero) is 1. The van der Waals surface area contributed by atoms with Crippen molar-refractivity contribution in [2.75, 3.05) is 5.32 Å². The molecule has 0 saturated heterocycles. The molecule has 1 amide bonds. The van der Waals surface area contributed by atoms with E-state index < -0.39 is 5.60 Å². The Bertz CT molecular complexity index is 791. The number of carbonyl (C=O) groups is 2. The van der Waals surface area contributed by atoms with Crippen molar-refractivity contribution in [3.63, 3.8) is 0 Å². The normalized spacial score (nSPS) is 15.4. The highest BCUT2D eigenvalue weighted by molar-refractivity contribution is 6.07. The van der Waals surface area contributed by atoms with Crippen molar-refractivity contribution >= 4 is 17.4 Å². The molecule has 124 valence electrons. The third-order valence-corrected chi connectivity index (χ3v) is 4.13. The van der Waals surface area contributed by atoms with Gasteiger partial charge in [0.2, 0.25) is 0 Å². The Kier molecular flexibility index (Phi) is 4.14. The van der Waals surface area contributed by atoms with Crippen molar-refractivity contribution < 1.29 is 14.3 Å². The molecule has 4 nitrogen and oxygen atoms in total. The number of hydrogen-bond donors (Lipinski definition) is 1. The van der Waals surface area contributed by atoms with Crippen LogP contribution in [0.15, 0.2) is 42.5 Å². The minimum Gasteiger partial charge on any atom is -0.487 e. The van der Waals surface area contributed by atoms with Gasteiger partial charge in [0, 0.05) is 11.3 Å². The van der Waals surface area contributed by atoms with Gasteiger partial charge in [-0.15, -0.1) is 0 Å². The van der Waals surface area contributed by atoms with Crippen molar-refractivity contribution in [2.45, 2.75) is 39.2 Å². The zero-order chi connectivity index (χ0) is 17.3. The molecule has 0 radical (unpaired) electrons. The second-order valence-corrected chi connectivity index (χ2v) is 6.68. The number of amides is 1. The van der Waals surface area contributed by atoms with Crippen molar-refractivity contribution in [1.82, 2.24) is 0 Å². The summed E-state index contributed by atoms with van der Waals surface area (Å²) in [5.41, 5.74) is 2.37. The molecule has 0 aromatic heterocycles. The second-order valence-electron chi connectivity index (χ2n) is 6.68. The standard InChI is InChI=1S/C20H21NO3/c1-4-13-5-8-15(9-6-13)21-19(23)14-7-10-18-16(11-14)17(22)12-20(2,3)24-18/h5-11H,4,12H2,1-3H3,(H,21,23). The number of fused-ring (bicyclic) bond motifs is 1. The zero-order valence-electron chi connectivity index (χ0n) is 14.2. The number of hydrogen-bond acceptors (Lipinski definition) is 3. The maximum atomic E-state index is 12.4. The first-order valence-electron chi connectivity index (χ1n) is 8.14. The van der Waals surface area contributed by atoms with Crippen LogP contribution in [0, 0.1) is 0 Å². The second kappa shape index (κ2) is 6.11. The number of carbonyl (C=O) groups excluding carboxylic acids is 2. The van der Waals surface area contributed by atoms with E-state index in [2.05, 4.69) is 12.2 Å². The summed E-state index contributed by atoms with van der Waals surface area (Å²) in [7, 11) is 0. The van der Waals surface area contributed by atoms with Crippen molar-refractivity contribution in [2.24, 2.45) is 0 Å². The Balaban J connectivity index is 1.81. The number of benzene rings is 2. The molecule has 1 aliphatic rings. The van der Waals surface area contributed by atoms with Crippen LogP contribution in [-0.2, 0) is 6.42 Å². The van der Waals surface area contributed by atoms with Crippen LogP contribution in [0.2, 0.25) is 0 Å². The third kappa shape index (κ3) is 3.32. The average Bonchev–Trinajstić information content (AvgIpc) is 2.54. The molecule has 3 rings (SSSR count). The minimum atomic E-state index is -0.505. The Labute approximate surface area is 141 Å². The summed E-state index contributed by atoms with van der Waals surface area (Å²) in [4.78, 5) is 24.7. The SMILES string of the molecule is CCc1ccc(NC(=O)c2ccc3c(c2)C(=O)CC(C)(C)O3)cc1. The smallest absolute Gasteiger partial charge is 0.255 e. The first kappa shape index (κ1) is 16.2. The van der Waals surface area contributed by atoms with Gasteiger partial charge in [-0.05, 0) is 56.2 Å². The predicted octanol–water partition coefficient (Wildman–Crippen LogP) is 4.25. The van der Waals surface area contributed by atoms with E-state index in [9.17, 15) is 9.59 Å². The minimum absolute atomic E-state index is 0.00296. The van der Waals surface area contributed by atoms with Gasteiger partial charge in [-0.3, -0.25) is 9.59 Å². The predicted molar refractivity (Wildman–Crippen MR) is 93.9 cm³/mol. The molecule has 1 heterocycles. The molecule has 0 saturated carbocycles. The Morgan fingerprint density at radius 3 is 2.54 bits per heavy atom. The number of ether oxygens (including phenoxy) is 1. The zero-order valence-corrected chi connectivity index (χ0v) is 14.2. The number of anilines is 1. The van der Waals surface area contributed by atoms with E-state index in [-0.39, 0.29) is 11.7 Å². The maximum Gasteiger partial charge on any atom is 0.255 e. The largest absolute Gasteiger partial charge is 0.487 e. The summed E-state index contributed by atoms with van der Waals surface area (Å²) in [5.74, 6) is 0.308. The average molecular weight is 323 g/mol. The molecular formula is C20H21NO3. The van der Waals surface area contributed by atoms with E-state index in [0.717, 1.165) is 12.1 Å². The summed E-state index contributed by atoms with van der Waals surface area (Å²) in [6.07, 6.45) is 1.26. The van der Waals surface area contributed by atoms with Gasteiger partial charge >= 0.3 is 0 Å². The Morgan fingerprint density at radius 2 is 1.88 bits per heavy atom. The molecule has 4 heteroatoms. The van der Waals surface area contributed by atoms with Gasteiger partial charge in [0.25, 0.3) is 5.91 Å². The topological polar surface area (TPSA) is 55.4 Å². The first-order chi connectivity index (χ1) is 11.4. The molecular weight excluding hydrogens is 302 g/mol. The summed E-state index contributed by atoms with van der Waals surface area (Å²) in [6.45, 7) is 5.85. The highest BCUT2D eigenvalue weighted by Crippen LogP contribution is 2.33. The van der Waals surface area contributed by atoms with Gasteiger partial charge in [-0.2, -0.15) is 0 Å². The van der Waals surface area contributed by atoms with Crippen LogP contribution in [0.3, 0.4) is 0 Å². The molecule has 1 aliphatic heterocycles. The molecule has 2 aromatic rings. The summed E-state index contributed by atoms with van der Waals surface area (Å²) in [6, 6.07) is 12.7. The molecule has 0 atom stereocenters. The molecule has 1 N–H and O–H groups in total. The number of rotatable bonds is 3. The van der Waals surface area contributed by atoms with E-state index in [1.165, 1.54) is 5.56 Å². The fourth-order valence-electron chi connectivity index (χ4n) is 2.82. The maximum absolute atomic E-state index is 12.4. The molecule has 0 fully saturated rings. The van der Waals surface area contributed by atoms with Crippen molar-refractivity contribution in [1.29, 1.82) is 0 Å². The van der Waals surface area contributed by atoms with Crippen LogP contribution in [-0.4, -0.2) is 17.3 Å². The van der Waals surface area contributed by atoms with E-state index in [1.807, 2.05) is 38.1 Å². The van der Waals surface area contributed by atoms with Gasteiger partial charge in [-0.1, -0.05) is 19.1 Å². The van der Waals surface area contributed by atoms with Gasteiger partial charge in [0.05, 0.1) is 12.0 Å². The molecule has 0 unspecified atom stereocenters. The van der Waals surface area contributed by atoms with Gasteiger partial charge in [-0.25, -0.2) is 0 Å². The molecule has 0 spiro atoms. The van der Waals surface area contributed by atoms with Crippen molar-refractivity contribution in [3.05, 3.63) is 59.2 Å². The quantitative estimate of drug-likeness (QED) is 0.919. The van der Waals surface area contributed by atoms with E-state index in [1.54, 1.807) is 18.2 Å². The highest BCUT2D eigenvalue weighted by atomic mass is 16.5. The fourth-order valence-corrected chi connectivity index (χ4v) is 2.82. The van der Waals surface area contributed by atoms with E-state index in [0.29, 0.717) is 23.3 Å². The molecule has 2 aromatic carbocycles. The van der Waals surface area contributed by atoms with Crippen LogP contribution in [0.5, 0.6) is 5.75 Å². The lowest BCUT2D eigenvalue weighted by molar-refractivity contribution is 0.0620. The van der Waals surface area contributed by atoms with Crippen LogP contribution in [0.4, 0.5) is 5.69 Å². The number of ketones is 1. The van der Waals surface area contributed by atoms with Gasteiger partial charge in [0.15, 0.2) is 5.78 Å². The lowest BCUT2D eigenvalue weighted by Gasteiger charge is -2.31. The molecule has 0 bridgehead atoms. The Morgan fingerprint density at radius 1 is 1.17 bits per heavy atom. The summed E-state index contributed by atoms with van der Waals surface area (Å²) >= 11 is 0. The van der Waals surface area contributed by atoms with Crippen LogP contribution >= 0.6 is 0 Å². The summed E-state index contributed by atoms with van der Waals surface area (Å²) in [5, 5.41) is 2.86.